The van der Waals surface area contributed by atoms with Gasteiger partial charge >= 0.3 is 0 Å². The molecule has 2 rings (SSSR count). The Balaban J connectivity index is 1.67. The van der Waals surface area contributed by atoms with Crippen molar-refractivity contribution in [3.05, 3.63) is 16.6 Å². The SMILES string of the molecule is O=C(NCCN1CCCC1)c1cscn1. The lowest BCUT2D eigenvalue weighted by Gasteiger charge is -2.14. The van der Waals surface area contributed by atoms with E-state index in [0.29, 0.717) is 5.69 Å². The Morgan fingerprint density at radius 1 is 1.53 bits per heavy atom. The molecule has 0 aliphatic carbocycles. The molecule has 1 fully saturated rings. The van der Waals surface area contributed by atoms with Gasteiger partial charge in [-0.2, -0.15) is 0 Å². The van der Waals surface area contributed by atoms with E-state index in [1.807, 2.05) is 0 Å². The summed E-state index contributed by atoms with van der Waals surface area (Å²) in [6.07, 6.45) is 2.58. The minimum atomic E-state index is -0.0598. The maximum absolute atomic E-state index is 11.5. The van der Waals surface area contributed by atoms with Crippen LogP contribution in [0, 0.1) is 0 Å². The smallest absolute Gasteiger partial charge is 0.270 e. The zero-order valence-corrected chi connectivity index (χ0v) is 9.42. The predicted octanol–water partition coefficient (Wildman–Crippen LogP) is 0.969. The fourth-order valence-corrected chi connectivity index (χ4v) is 2.28. The third-order valence-corrected chi connectivity index (χ3v) is 3.16. The molecule has 0 atom stereocenters. The van der Waals surface area contributed by atoms with Gasteiger partial charge in [-0.05, 0) is 25.9 Å². The molecule has 1 saturated heterocycles. The van der Waals surface area contributed by atoms with Gasteiger partial charge in [0.05, 0.1) is 5.51 Å². The highest BCUT2D eigenvalue weighted by atomic mass is 32.1. The lowest BCUT2D eigenvalue weighted by atomic mass is 10.4. The predicted molar refractivity (Wildman–Crippen MR) is 60.1 cm³/mol. The second-order valence-electron chi connectivity index (χ2n) is 3.68. The van der Waals surface area contributed by atoms with E-state index >= 15 is 0 Å². The second kappa shape index (κ2) is 5.23. The molecule has 0 bridgehead atoms. The molecule has 15 heavy (non-hydrogen) atoms. The molecule has 1 aliphatic heterocycles. The first-order valence-corrected chi connectivity index (χ1v) is 6.19. The summed E-state index contributed by atoms with van der Waals surface area (Å²) in [5, 5.41) is 4.64. The van der Waals surface area contributed by atoms with Gasteiger partial charge < -0.3 is 10.2 Å². The van der Waals surface area contributed by atoms with Crippen molar-refractivity contribution in [2.75, 3.05) is 26.2 Å². The molecule has 1 aromatic rings. The van der Waals surface area contributed by atoms with Crippen molar-refractivity contribution in [3.8, 4) is 0 Å². The molecule has 2 heterocycles. The van der Waals surface area contributed by atoms with Crippen LogP contribution in [0.2, 0.25) is 0 Å². The van der Waals surface area contributed by atoms with Crippen molar-refractivity contribution in [2.24, 2.45) is 0 Å². The summed E-state index contributed by atoms with van der Waals surface area (Å²) in [4.78, 5) is 17.8. The van der Waals surface area contributed by atoms with Crippen molar-refractivity contribution in [1.29, 1.82) is 0 Å². The highest BCUT2D eigenvalue weighted by Gasteiger charge is 2.12. The van der Waals surface area contributed by atoms with Crippen molar-refractivity contribution in [2.45, 2.75) is 12.8 Å². The number of carbonyl (C=O) groups excluding carboxylic acids is 1. The number of likely N-dealkylation sites (tertiary alicyclic amines) is 1. The normalized spacial score (nSPS) is 16.8. The highest BCUT2D eigenvalue weighted by Crippen LogP contribution is 2.05. The Kier molecular flexibility index (Phi) is 3.69. The molecule has 1 aliphatic rings. The van der Waals surface area contributed by atoms with Gasteiger partial charge in [0.2, 0.25) is 0 Å². The van der Waals surface area contributed by atoms with Crippen LogP contribution >= 0.6 is 11.3 Å². The summed E-state index contributed by atoms with van der Waals surface area (Å²) in [5.74, 6) is -0.0598. The minimum absolute atomic E-state index is 0.0598. The molecule has 0 aromatic carbocycles. The lowest BCUT2D eigenvalue weighted by molar-refractivity contribution is 0.0945. The van der Waals surface area contributed by atoms with E-state index in [2.05, 4.69) is 15.2 Å². The molecule has 5 heteroatoms. The van der Waals surface area contributed by atoms with Crippen LogP contribution in [0.3, 0.4) is 0 Å². The summed E-state index contributed by atoms with van der Waals surface area (Å²) in [6.45, 7) is 4.02. The number of thiazole rings is 1. The maximum Gasteiger partial charge on any atom is 0.270 e. The van der Waals surface area contributed by atoms with Gasteiger partial charge in [-0.1, -0.05) is 0 Å². The molecule has 1 amide bonds. The lowest BCUT2D eigenvalue weighted by Crippen LogP contribution is -2.33. The molecular weight excluding hydrogens is 210 g/mol. The van der Waals surface area contributed by atoms with E-state index in [1.165, 1.54) is 37.3 Å². The Bertz CT molecular complexity index is 306. The number of rotatable bonds is 4. The quantitative estimate of drug-likeness (QED) is 0.830. The topological polar surface area (TPSA) is 45.2 Å². The monoisotopic (exact) mass is 225 g/mol. The summed E-state index contributed by atoms with van der Waals surface area (Å²) in [6, 6.07) is 0. The van der Waals surface area contributed by atoms with E-state index in [1.54, 1.807) is 10.9 Å². The number of carbonyl (C=O) groups is 1. The zero-order valence-electron chi connectivity index (χ0n) is 8.61. The summed E-state index contributed by atoms with van der Waals surface area (Å²) < 4.78 is 0. The first kappa shape index (κ1) is 10.6. The number of hydrogen-bond donors (Lipinski definition) is 1. The molecule has 0 radical (unpaired) electrons. The van der Waals surface area contributed by atoms with Gasteiger partial charge in [0, 0.05) is 18.5 Å². The Morgan fingerprint density at radius 3 is 3.00 bits per heavy atom. The number of aromatic nitrogens is 1. The van der Waals surface area contributed by atoms with Crippen LogP contribution in [0.5, 0.6) is 0 Å². The van der Waals surface area contributed by atoms with Crippen LogP contribution < -0.4 is 5.32 Å². The second-order valence-corrected chi connectivity index (χ2v) is 4.40. The van der Waals surface area contributed by atoms with Crippen LogP contribution in [0.15, 0.2) is 10.9 Å². The third kappa shape index (κ3) is 3.00. The van der Waals surface area contributed by atoms with Crippen LogP contribution in [0.1, 0.15) is 23.3 Å². The first-order chi connectivity index (χ1) is 7.36. The fraction of sp³-hybridized carbons (Fsp3) is 0.600. The van der Waals surface area contributed by atoms with Crippen LogP contribution in [-0.4, -0.2) is 42.0 Å². The average molecular weight is 225 g/mol. The average Bonchev–Trinajstić information content (AvgIpc) is 2.90. The Hall–Kier alpha value is -0.940. The zero-order chi connectivity index (χ0) is 10.5. The van der Waals surface area contributed by atoms with E-state index in [4.69, 9.17) is 0 Å². The number of nitrogens with one attached hydrogen (secondary N) is 1. The van der Waals surface area contributed by atoms with Crippen molar-refractivity contribution in [3.63, 3.8) is 0 Å². The molecular formula is C10H15N3OS. The molecule has 4 nitrogen and oxygen atoms in total. The van der Waals surface area contributed by atoms with Gasteiger partial charge in [0.25, 0.3) is 5.91 Å². The van der Waals surface area contributed by atoms with Gasteiger partial charge in [-0.15, -0.1) is 11.3 Å². The summed E-state index contributed by atoms with van der Waals surface area (Å²) >= 11 is 1.44. The Morgan fingerprint density at radius 2 is 2.33 bits per heavy atom. The summed E-state index contributed by atoms with van der Waals surface area (Å²) in [7, 11) is 0. The Labute approximate surface area is 93.3 Å². The van der Waals surface area contributed by atoms with E-state index < -0.39 is 0 Å². The van der Waals surface area contributed by atoms with Gasteiger partial charge in [-0.25, -0.2) is 4.98 Å². The van der Waals surface area contributed by atoms with Crippen molar-refractivity contribution >= 4 is 17.2 Å². The van der Waals surface area contributed by atoms with Crippen molar-refractivity contribution in [1.82, 2.24) is 15.2 Å². The molecule has 0 saturated carbocycles. The van der Waals surface area contributed by atoms with Crippen LogP contribution in [0.25, 0.3) is 0 Å². The van der Waals surface area contributed by atoms with Gasteiger partial charge in [0.15, 0.2) is 0 Å². The number of hydrogen-bond acceptors (Lipinski definition) is 4. The largest absolute Gasteiger partial charge is 0.349 e. The molecule has 1 aromatic heterocycles. The third-order valence-electron chi connectivity index (χ3n) is 2.58. The van der Waals surface area contributed by atoms with Crippen molar-refractivity contribution < 1.29 is 4.79 Å². The summed E-state index contributed by atoms with van der Waals surface area (Å²) in [5.41, 5.74) is 2.21. The van der Waals surface area contributed by atoms with Crippen LogP contribution in [0.4, 0.5) is 0 Å². The van der Waals surface area contributed by atoms with E-state index in [-0.39, 0.29) is 5.91 Å². The molecule has 82 valence electrons. The minimum Gasteiger partial charge on any atom is -0.349 e. The van der Waals surface area contributed by atoms with Crippen LogP contribution in [-0.2, 0) is 0 Å². The van der Waals surface area contributed by atoms with Gasteiger partial charge in [-0.3, -0.25) is 4.79 Å². The number of nitrogens with zero attached hydrogens (tertiary/aromatic N) is 2. The molecule has 1 N–H and O–H groups in total. The fourth-order valence-electron chi connectivity index (χ4n) is 1.75. The first-order valence-electron chi connectivity index (χ1n) is 5.25. The molecule has 0 spiro atoms. The number of amides is 1. The highest BCUT2D eigenvalue weighted by molar-refractivity contribution is 7.07. The standard InChI is InChI=1S/C10H15N3OS/c14-10(9-7-15-8-12-9)11-3-6-13-4-1-2-5-13/h7-8H,1-6H2,(H,11,14). The van der Waals surface area contributed by atoms with E-state index in [9.17, 15) is 4.79 Å². The maximum atomic E-state index is 11.5. The van der Waals surface area contributed by atoms with Gasteiger partial charge in [0.1, 0.15) is 5.69 Å². The van der Waals surface area contributed by atoms with E-state index in [0.717, 1.165) is 13.1 Å². The molecule has 0 unspecified atom stereocenters.